The molecule has 1 fully saturated rings. The molecular weight excluding hydrogens is 266 g/mol. The van der Waals surface area contributed by atoms with Crippen LogP contribution in [-0.4, -0.2) is 36.6 Å². The Labute approximate surface area is 126 Å². The van der Waals surface area contributed by atoms with Gasteiger partial charge in [-0.05, 0) is 44.5 Å². The number of benzene rings is 1. The third kappa shape index (κ3) is 2.91. The highest BCUT2D eigenvalue weighted by Crippen LogP contribution is 2.36. The van der Waals surface area contributed by atoms with E-state index in [1.165, 1.54) is 19.3 Å². The fourth-order valence-electron chi connectivity index (χ4n) is 3.29. The van der Waals surface area contributed by atoms with Crippen molar-refractivity contribution in [3.8, 4) is 11.5 Å². The van der Waals surface area contributed by atoms with Crippen LogP contribution in [0.2, 0.25) is 0 Å². The molecular formula is C17H23NO3. The van der Waals surface area contributed by atoms with Crippen molar-refractivity contribution in [2.24, 2.45) is 0 Å². The minimum atomic E-state index is -0.0222. The number of carbonyl (C=O) groups is 1. The normalized spacial score (nSPS) is 19.5. The molecule has 1 aromatic carbocycles. The lowest BCUT2D eigenvalue weighted by molar-refractivity contribution is 0.0763. The summed E-state index contributed by atoms with van der Waals surface area (Å²) in [5.41, 5.74) is 0.675. The van der Waals surface area contributed by atoms with E-state index in [1.54, 1.807) is 0 Å². The van der Waals surface area contributed by atoms with E-state index >= 15 is 0 Å². The van der Waals surface area contributed by atoms with Gasteiger partial charge >= 0.3 is 0 Å². The molecule has 2 aliphatic heterocycles. The average Bonchev–Trinajstić information content (AvgIpc) is 3.01. The van der Waals surface area contributed by atoms with E-state index in [2.05, 4.69) is 11.8 Å². The van der Waals surface area contributed by atoms with Crippen LogP contribution in [0.25, 0.3) is 0 Å². The van der Waals surface area contributed by atoms with Crippen molar-refractivity contribution in [2.75, 3.05) is 19.9 Å². The monoisotopic (exact) mass is 289 g/mol. The maximum atomic E-state index is 13.0. The molecule has 0 aliphatic carbocycles. The molecule has 1 saturated heterocycles. The number of carbonyl (C=O) groups excluding carboxylic acids is 1. The van der Waals surface area contributed by atoms with Gasteiger partial charge in [0.2, 0.25) is 6.79 Å². The third-order valence-corrected chi connectivity index (χ3v) is 4.36. The molecule has 2 aliphatic rings. The second-order valence-electron chi connectivity index (χ2n) is 5.80. The molecule has 0 saturated carbocycles. The van der Waals surface area contributed by atoms with E-state index < -0.39 is 0 Å². The number of para-hydroxylation sites is 1. The highest BCUT2D eigenvalue weighted by molar-refractivity contribution is 6.03. The van der Waals surface area contributed by atoms with Crippen LogP contribution in [0.15, 0.2) is 18.2 Å². The predicted octanol–water partition coefficient (Wildman–Crippen LogP) is 3.25. The zero-order valence-corrected chi connectivity index (χ0v) is 12.6. The summed E-state index contributed by atoms with van der Waals surface area (Å²) in [6, 6.07) is 5.57. The molecule has 0 N–H and O–H groups in total. The fourth-order valence-corrected chi connectivity index (χ4v) is 3.29. The maximum absolute atomic E-state index is 13.0. The summed E-state index contributed by atoms with van der Waals surface area (Å²) >= 11 is 0. The van der Waals surface area contributed by atoms with Crippen molar-refractivity contribution < 1.29 is 14.3 Å². The van der Waals surface area contributed by atoms with Crippen LogP contribution >= 0.6 is 0 Å². The Hall–Kier alpha value is -1.55. The van der Waals surface area contributed by atoms with Gasteiger partial charge in [0, 0.05) is 0 Å². The molecule has 114 valence electrons. The lowest BCUT2D eigenvalue weighted by Crippen LogP contribution is -2.44. The van der Waals surface area contributed by atoms with Crippen LogP contribution in [0.5, 0.6) is 11.5 Å². The van der Waals surface area contributed by atoms with Crippen LogP contribution in [0.4, 0.5) is 0 Å². The van der Waals surface area contributed by atoms with Gasteiger partial charge in [-0.3, -0.25) is 9.69 Å². The topological polar surface area (TPSA) is 38.8 Å². The standard InChI is InChI=1S/C17H23NO3/c1-2-7-14(18-10-4-3-5-11-18)16(19)13-8-6-9-15-17(13)21-12-20-15/h6,8-9,14H,2-5,7,10-12H2,1H3/t14-/m0/s1. The number of hydrogen-bond donors (Lipinski definition) is 0. The molecule has 0 bridgehead atoms. The lowest BCUT2D eigenvalue weighted by atomic mass is 9.96. The largest absolute Gasteiger partial charge is 0.454 e. The first-order chi connectivity index (χ1) is 10.3. The van der Waals surface area contributed by atoms with E-state index in [9.17, 15) is 4.79 Å². The molecule has 0 aromatic heterocycles. The van der Waals surface area contributed by atoms with Gasteiger partial charge in [-0.1, -0.05) is 25.8 Å². The Morgan fingerprint density at radius 2 is 2.05 bits per heavy atom. The SMILES string of the molecule is CCC[C@@H](C(=O)c1cccc2c1OCO2)N1CCCCC1. The second kappa shape index (κ2) is 6.48. The number of ether oxygens (including phenoxy) is 2. The van der Waals surface area contributed by atoms with Gasteiger partial charge in [0.1, 0.15) is 0 Å². The van der Waals surface area contributed by atoms with Crippen molar-refractivity contribution in [1.29, 1.82) is 0 Å². The van der Waals surface area contributed by atoms with E-state index in [4.69, 9.17) is 9.47 Å². The third-order valence-electron chi connectivity index (χ3n) is 4.36. The maximum Gasteiger partial charge on any atom is 0.231 e. The lowest BCUT2D eigenvalue weighted by Gasteiger charge is -2.33. The molecule has 0 spiro atoms. The van der Waals surface area contributed by atoms with Gasteiger partial charge in [0.15, 0.2) is 17.3 Å². The Kier molecular flexibility index (Phi) is 4.44. The molecule has 0 radical (unpaired) electrons. The van der Waals surface area contributed by atoms with Crippen molar-refractivity contribution in [2.45, 2.75) is 45.1 Å². The van der Waals surface area contributed by atoms with Crippen LogP contribution in [0, 0.1) is 0 Å². The highest BCUT2D eigenvalue weighted by atomic mass is 16.7. The van der Waals surface area contributed by atoms with E-state index in [-0.39, 0.29) is 18.6 Å². The van der Waals surface area contributed by atoms with Crippen LogP contribution in [0.3, 0.4) is 0 Å². The van der Waals surface area contributed by atoms with Gasteiger partial charge in [-0.25, -0.2) is 0 Å². The highest BCUT2D eigenvalue weighted by Gasteiger charge is 2.31. The Bertz CT molecular complexity index is 509. The first-order valence-electron chi connectivity index (χ1n) is 7.98. The molecule has 4 heteroatoms. The number of hydrogen-bond acceptors (Lipinski definition) is 4. The van der Waals surface area contributed by atoms with Gasteiger partial charge in [0.05, 0.1) is 11.6 Å². The Morgan fingerprint density at radius 1 is 1.24 bits per heavy atom. The number of likely N-dealkylation sites (tertiary alicyclic amines) is 1. The van der Waals surface area contributed by atoms with Gasteiger partial charge in [0.25, 0.3) is 0 Å². The van der Waals surface area contributed by atoms with Crippen LogP contribution in [0.1, 0.15) is 49.4 Å². The predicted molar refractivity (Wildman–Crippen MR) is 81.0 cm³/mol. The van der Waals surface area contributed by atoms with Crippen molar-refractivity contribution in [3.63, 3.8) is 0 Å². The van der Waals surface area contributed by atoms with Crippen LogP contribution in [-0.2, 0) is 0 Å². The first-order valence-corrected chi connectivity index (χ1v) is 7.98. The number of rotatable bonds is 5. The van der Waals surface area contributed by atoms with Gasteiger partial charge in [-0.2, -0.15) is 0 Å². The number of Topliss-reactive ketones (excluding diaryl/α,β-unsaturated/α-hetero) is 1. The minimum absolute atomic E-state index is 0.0222. The quantitative estimate of drug-likeness (QED) is 0.780. The summed E-state index contributed by atoms with van der Waals surface area (Å²) in [6.45, 7) is 4.41. The number of piperidine rings is 1. The van der Waals surface area contributed by atoms with Crippen LogP contribution < -0.4 is 9.47 Å². The summed E-state index contributed by atoms with van der Waals surface area (Å²) in [4.78, 5) is 15.4. The Balaban J connectivity index is 1.85. The molecule has 1 atom stereocenters. The molecule has 2 heterocycles. The fraction of sp³-hybridized carbons (Fsp3) is 0.588. The van der Waals surface area contributed by atoms with E-state index in [0.29, 0.717) is 17.1 Å². The van der Waals surface area contributed by atoms with E-state index in [0.717, 1.165) is 25.9 Å². The molecule has 0 unspecified atom stereocenters. The molecule has 3 rings (SSSR count). The average molecular weight is 289 g/mol. The molecule has 0 amide bonds. The summed E-state index contributed by atoms with van der Waals surface area (Å²) in [7, 11) is 0. The number of ketones is 1. The van der Waals surface area contributed by atoms with Crippen molar-refractivity contribution in [1.82, 2.24) is 4.90 Å². The summed E-state index contributed by atoms with van der Waals surface area (Å²) < 4.78 is 10.9. The number of nitrogens with zero attached hydrogens (tertiary/aromatic N) is 1. The summed E-state index contributed by atoms with van der Waals surface area (Å²) in [6.07, 6.45) is 5.59. The molecule has 4 nitrogen and oxygen atoms in total. The smallest absolute Gasteiger partial charge is 0.231 e. The molecule has 21 heavy (non-hydrogen) atoms. The van der Waals surface area contributed by atoms with Crippen molar-refractivity contribution >= 4 is 5.78 Å². The zero-order valence-electron chi connectivity index (χ0n) is 12.6. The summed E-state index contributed by atoms with van der Waals surface area (Å²) in [5, 5.41) is 0. The zero-order chi connectivity index (χ0) is 14.7. The first kappa shape index (κ1) is 14.4. The summed E-state index contributed by atoms with van der Waals surface area (Å²) in [5.74, 6) is 1.50. The van der Waals surface area contributed by atoms with Gasteiger partial charge in [-0.15, -0.1) is 0 Å². The second-order valence-corrected chi connectivity index (χ2v) is 5.80. The molecule has 1 aromatic rings. The Morgan fingerprint density at radius 3 is 2.81 bits per heavy atom. The van der Waals surface area contributed by atoms with Crippen molar-refractivity contribution in [3.05, 3.63) is 23.8 Å². The van der Waals surface area contributed by atoms with Gasteiger partial charge < -0.3 is 9.47 Å². The van der Waals surface area contributed by atoms with E-state index in [1.807, 2.05) is 18.2 Å². The number of fused-ring (bicyclic) bond motifs is 1. The minimum Gasteiger partial charge on any atom is -0.454 e.